The molecule has 52 heavy (non-hydrogen) atoms. The molecule has 8 fully saturated rings. The van der Waals surface area contributed by atoms with E-state index < -0.39 is 80.4 Å². The second-order valence-corrected chi connectivity index (χ2v) is 18.7. The highest BCUT2D eigenvalue weighted by Crippen LogP contribution is 2.71. The van der Waals surface area contributed by atoms with Crippen molar-refractivity contribution in [2.24, 2.45) is 52.3 Å². The van der Waals surface area contributed by atoms with Crippen LogP contribution in [-0.4, -0.2) is 135 Å². The molecule has 7 N–H and O–H groups in total. The molecule has 0 aromatic rings. The first-order valence-corrected chi connectivity index (χ1v) is 20.3. The quantitative estimate of drug-likeness (QED) is 0.194. The predicted molar refractivity (Wildman–Crippen MR) is 183 cm³/mol. The first kappa shape index (κ1) is 38.4. The summed E-state index contributed by atoms with van der Waals surface area (Å²) in [5.41, 5.74) is 0.468. The molecule has 0 bridgehead atoms. The highest BCUT2D eigenvalue weighted by molar-refractivity contribution is 5.15. The van der Waals surface area contributed by atoms with E-state index in [0.29, 0.717) is 41.4 Å². The number of fused-ring (bicyclic) bond motifs is 7. The van der Waals surface area contributed by atoms with Gasteiger partial charge in [-0.25, -0.2) is 0 Å². The van der Waals surface area contributed by atoms with Crippen molar-refractivity contribution in [1.29, 1.82) is 0 Å². The molecule has 298 valence electrons. The Kier molecular flexibility index (Phi) is 10.4. The summed E-state index contributed by atoms with van der Waals surface area (Å²) in [5, 5.41) is 72.8. The van der Waals surface area contributed by atoms with Crippen LogP contribution in [0.25, 0.3) is 0 Å². The van der Waals surface area contributed by atoms with Crippen LogP contribution in [-0.2, 0) is 28.4 Å². The smallest absolute Gasteiger partial charge is 0.187 e. The van der Waals surface area contributed by atoms with Crippen LogP contribution in [0, 0.1) is 52.3 Å². The van der Waals surface area contributed by atoms with Crippen LogP contribution in [0.1, 0.15) is 91.9 Å². The fraction of sp³-hybridized carbons (Fsp3) is 1.00. The molecule has 4 saturated carbocycles. The third kappa shape index (κ3) is 5.98. The van der Waals surface area contributed by atoms with Crippen LogP contribution in [0.2, 0.25) is 0 Å². The predicted octanol–water partition coefficient (Wildman–Crippen LogP) is 1.44. The van der Waals surface area contributed by atoms with Crippen molar-refractivity contribution in [2.75, 3.05) is 19.8 Å². The molecule has 13 heteroatoms. The maximum absolute atomic E-state index is 11.2. The van der Waals surface area contributed by atoms with E-state index in [4.69, 9.17) is 28.4 Å². The normalized spacial score (nSPS) is 59.0. The van der Waals surface area contributed by atoms with Crippen molar-refractivity contribution in [1.82, 2.24) is 0 Å². The van der Waals surface area contributed by atoms with Gasteiger partial charge in [0.2, 0.25) is 0 Å². The Morgan fingerprint density at radius 1 is 0.673 bits per heavy atom. The van der Waals surface area contributed by atoms with Gasteiger partial charge in [-0.2, -0.15) is 0 Å². The average molecular weight is 741 g/mol. The molecular formula is C39H64O13. The Bertz CT molecular complexity index is 1260. The Balaban J connectivity index is 0.892. The van der Waals surface area contributed by atoms with Crippen LogP contribution < -0.4 is 0 Å². The van der Waals surface area contributed by atoms with E-state index in [9.17, 15) is 35.7 Å². The maximum atomic E-state index is 11.2. The molecule has 0 amide bonds. The topological polar surface area (TPSA) is 197 Å². The maximum Gasteiger partial charge on any atom is 0.187 e. The van der Waals surface area contributed by atoms with Gasteiger partial charge in [0.25, 0.3) is 0 Å². The van der Waals surface area contributed by atoms with Crippen LogP contribution in [0.15, 0.2) is 0 Å². The first-order valence-electron chi connectivity index (χ1n) is 20.3. The van der Waals surface area contributed by atoms with E-state index in [2.05, 4.69) is 27.7 Å². The zero-order valence-corrected chi connectivity index (χ0v) is 31.2. The third-order valence-electron chi connectivity index (χ3n) is 16.2. The number of ether oxygens (including phenoxy) is 6. The number of rotatable bonds is 6. The zero-order valence-electron chi connectivity index (χ0n) is 31.2. The molecule has 4 unspecified atom stereocenters. The van der Waals surface area contributed by atoms with Crippen molar-refractivity contribution < 1.29 is 64.2 Å². The van der Waals surface area contributed by atoms with Gasteiger partial charge in [0, 0.05) is 12.3 Å². The number of hydrogen-bond donors (Lipinski definition) is 7. The lowest BCUT2D eigenvalue weighted by molar-refractivity contribution is -0.364. The van der Waals surface area contributed by atoms with E-state index >= 15 is 0 Å². The van der Waals surface area contributed by atoms with E-state index in [1.165, 1.54) is 25.7 Å². The molecule has 8 rings (SSSR count). The first-order chi connectivity index (χ1) is 24.7. The molecule has 1 spiro atoms. The minimum absolute atomic E-state index is 0.188. The minimum Gasteiger partial charge on any atom is -0.394 e. The molecule has 4 aliphatic carbocycles. The number of hydrogen-bond acceptors (Lipinski definition) is 13. The molecule has 4 heterocycles. The summed E-state index contributed by atoms with van der Waals surface area (Å²) in [4.78, 5) is 0. The van der Waals surface area contributed by atoms with E-state index in [0.717, 1.165) is 45.1 Å². The molecule has 4 aliphatic heterocycles. The molecule has 0 radical (unpaired) electrons. The van der Waals surface area contributed by atoms with Gasteiger partial charge >= 0.3 is 0 Å². The van der Waals surface area contributed by atoms with Gasteiger partial charge in [-0.3, -0.25) is 0 Å². The molecule has 22 atom stereocenters. The van der Waals surface area contributed by atoms with Crippen molar-refractivity contribution in [3.8, 4) is 0 Å². The van der Waals surface area contributed by atoms with Gasteiger partial charge < -0.3 is 64.2 Å². The molecule has 8 aliphatic rings. The highest BCUT2D eigenvalue weighted by atomic mass is 16.7. The second kappa shape index (κ2) is 14.1. The van der Waals surface area contributed by atoms with Crippen molar-refractivity contribution in [3.05, 3.63) is 0 Å². The number of aliphatic hydroxyl groups excluding tert-OH is 7. The summed E-state index contributed by atoms with van der Waals surface area (Å²) in [6.07, 6.45) is -3.66. The average Bonchev–Trinajstić information content (AvgIpc) is 3.58. The Morgan fingerprint density at radius 3 is 2.08 bits per heavy atom. The zero-order chi connectivity index (χ0) is 36.9. The third-order valence-corrected chi connectivity index (χ3v) is 16.2. The Hall–Kier alpha value is -0.520. The second-order valence-electron chi connectivity index (χ2n) is 18.7. The Labute approximate surface area is 307 Å². The summed E-state index contributed by atoms with van der Waals surface area (Å²) in [6, 6.07) is 0. The minimum atomic E-state index is -1.71. The molecular weight excluding hydrogens is 676 g/mol. The van der Waals surface area contributed by atoms with E-state index in [1.54, 1.807) is 0 Å². The molecule has 0 aromatic heterocycles. The van der Waals surface area contributed by atoms with Gasteiger partial charge in [0.15, 0.2) is 18.4 Å². The fourth-order valence-corrected chi connectivity index (χ4v) is 13.2. The van der Waals surface area contributed by atoms with Gasteiger partial charge in [-0.05, 0) is 104 Å². The lowest BCUT2D eigenvalue weighted by atomic mass is 9.44. The largest absolute Gasteiger partial charge is 0.394 e. The Morgan fingerprint density at radius 2 is 1.37 bits per heavy atom. The highest BCUT2D eigenvalue weighted by Gasteiger charge is 2.69. The van der Waals surface area contributed by atoms with Crippen molar-refractivity contribution in [3.63, 3.8) is 0 Å². The number of aliphatic hydroxyl groups is 7. The van der Waals surface area contributed by atoms with Crippen LogP contribution in [0.3, 0.4) is 0 Å². The summed E-state index contributed by atoms with van der Waals surface area (Å²) in [7, 11) is 0. The van der Waals surface area contributed by atoms with E-state index in [-0.39, 0.29) is 23.0 Å². The van der Waals surface area contributed by atoms with Crippen LogP contribution in [0.4, 0.5) is 0 Å². The van der Waals surface area contributed by atoms with Crippen molar-refractivity contribution in [2.45, 2.75) is 171 Å². The monoisotopic (exact) mass is 740 g/mol. The molecule has 13 nitrogen and oxygen atoms in total. The summed E-state index contributed by atoms with van der Waals surface area (Å²) >= 11 is 0. The summed E-state index contributed by atoms with van der Waals surface area (Å²) < 4.78 is 37.0. The standard InChI is InChI=1S/C39H64O13/c1-18-7-12-39(47-17-18)19(2)28-25(52-39)14-24-22-6-5-20-13-21(8-10-37(20,3)23(22)9-11-38(24,28)4)48-35-33(46)31(44)34(27(16-41)50-35)51-36-32(45)30(43)29(42)26(15-40)49-36/h18-36,40-46H,5-17H2,1-4H3/t18-,19+,20+,21+,22?,23?,24+,25?,26-,27-,28?,29-,30+,31-,32-,33-,34-,35-,36+,37+,38+,39-/m1/s1. The molecule has 4 saturated heterocycles. The van der Waals surface area contributed by atoms with E-state index in [1.807, 2.05) is 0 Å². The summed E-state index contributed by atoms with van der Waals surface area (Å²) in [5.74, 6) is 3.63. The lowest BCUT2D eigenvalue weighted by Gasteiger charge is -2.61. The fourth-order valence-electron chi connectivity index (χ4n) is 13.2. The SMILES string of the molecule is C[C@@H]1CC[C@@]2(OC1)OC1C[C@H]3C4CC[C@H]5C[C@@H](O[C@@H]6O[C@H](CO)[C@@H](O[C@@H]7O[C@H](CO)[C@@H](O)[C@H](O)[C@H]7O)[C@H](O)[C@H]6O)CC[C@]5(C)C4CC[C@]3(C)C1[C@@H]2C. The van der Waals surface area contributed by atoms with Crippen LogP contribution >= 0.6 is 0 Å². The van der Waals surface area contributed by atoms with Gasteiger partial charge in [-0.15, -0.1) is 0 Å². The van der Waals surface area contributed by atoms with Gasteiger partial charge in [0.05, 0.1) is 32.0 Å². The van der Waals surface area contributed by atoms with Gasteiger partial charge in [-0.1, -0.05) is 27.7 Å². The van der Waals surface area contributed by atoms with Crippen molar-refractivity contribution >= 4 is 0 Å². The van der Waals surface area contributed by atoms with Gasteiger partial charge in [0.1, 0.15) is 48.8 Å². The summed E-state index contributed by atoms with van der Waals surface area (Å²) in [6.45, 7) is 9.33. The van der Waals surface area contributed by atoms with Crippen LogP contribution in [0.5, 0.6) is 0 Å². The lowest BCUT2D eigenvalue weighted by Crippen LogP contribution is -2.65. The molecule has 0 aromatic carbocycles.